The van der Waals surface area contributed by atoms with Crippen molar-refractivity contribution in [2.24, 2.45) is 0 Å². The molecule has 0 bridgehead atoms. The van der Waals surface area contributed by atoms with Gasteiger partial charge in [-0.1, -0.05) is 48.9 Å². The molecule has 2 saturated heterocycles. The Morgan fingerprint density at radius 3 is 2.70 bits per heavy atom. The molecule has 37 heavy (non-hydrogen) atoms. The molecule has 2 aromatic rings. The summed E-state index contributed by atoms with van der Waals surface area (Å²) in [5.74, 6) is 0.233. The van der Waals surface area contributed by atoms with Gasteiger partial charge in [0.05, 0.1) is 0 Å². The fourth-order valence-corrected chi connectivity index (χ4v) is 5.33. The second kappa shape index (κ2) is 15.1. The molecule has 2 fully saturated rings. The maximum absolute atomic E-state index is 12.1. The van der Waals surface area contributed by atoms with Gasteiger partial charge >= 0.3 is 0 Å². The van der Waals surface area contributed by atoms with E-state index >= 15 is 0 Å². The Morgan fingerprint density at radius 1 is 1.00 bits per heavy atom. The number of ether oxygens (including phenoxy) is 1. The maximum Gasteiger partial charge on any atom is 0.243 e. The first-order chi connectivity index (χ1) is 18.2. The first kappa shape index (κ1) is 27.6. The number of benzene rings is 2. The molecule has 202 valence electrons. The van der Waals surface area contributed by atoms with Crippen LogP contribution >= 0.6 is 0 Å². The second-order valence-corrected chi connectivity index (χ2v) is 10.3. The summed E-state index contributed by atoms with van der Waals surface area (Å²) < 4.78 is 5.48. The van der Waals surface area contributed by atoms with Crippen molar-refractivity contribution in [1.82, 2.24) is 15.3 Å². The first-order valence-corrected chi connectivity index (χ1v) is 14.2. The van der Waals surface area contributed by atoms with Crippen molar-refractivity contribution in [3.63, 3.8) is 0 Å². The van der Waals surface area contributed by atoms with Crippen molar-refractivity contribution >= 4 is 22.6 Å². The number of rotatable bonds is 15. The lowest BCUT2D eigenvalue weighted by Crippen LogP contribution is -2.33. The minimum absolute atomic E-state index is 0.0720. The molecule has 1 atom stereocenters. The van der Waals surface area contributed by atoms with Crippen LogP contribution in [0.4, 0.5) is 0 Å². The van der Waals surface area contributed by atoms with Crippen LogP contribution in [-0.4, -0.2) is 67.2 Å². The number of nitrogens with zero attached hydrogens (tertiary/aromatic N) is 2. The van der Waals surface area contributed by atoms with Gasteiger partial charge in [-0.25, -0.2) is 10.3 Å². The van der Waals surface area contributed by atoms with Crippen molar-refractivity contribution < 1.29 is 19.2 Å². The number of hydroxylamine groups is 1. The van der Waals surface area contributed by atoms with E-state index < -0.39 is 0 Å². The highest BCUT2D eigenvalue weighted by Crippen LogP contribution is 2.19. The smallest absolute Gasteiger partial charge is 0.243 e. The molecule has 1 unspecified atom stereocenters. The Labute approximate surface area is 221 Å². The third-order valence-electron chi connectivity index (χ3n) is 7.47. The lowest BCUT2D eigenvalue weighted by molar-refractivity contribution is -0.200. The third-order valence-corrected chi connectivity index (χ3v) is 7.47. The first-order valence-electron chi connectivity index (χ1n) is 14.2. The van der Waals surface area contributed by atoms with Crippen LogP contribution in [0.3, 0.4) is 0 Å². The molecule has 2 heterocycles. The largest absolute Gasteiger partial charge is 0.350 e. The van der Waals surface area contributed by atoms with Crippen LogP contribution in [-0.2, 0) is 25.6 Å². The van der Waals surface area contributed by atoms with Crippen LogP contribution in [0, 0.1) is 0 Å². The summed E-state index contributed by atoms with van der Waals surface area (Å²) in [6, 6.07) is 15.1. The minimum atomic E-state index is -0.302. The van der Waals surface area contributed by atoms with Gasteiger partial charge in [0.25, 0.3) is 0 Å². The number of unbranched alkanes of at least 4 members (excludes halogenated alkanes) is 2. The normalized spacial score (nSPS) is 18.1. The van der Waals surface area contributed by atoms with Crippen LogP contribution in [0.2, 0.25) is 0 Å². The fourth-order valence-electron chi connectivity index (χ4n) is 5.33. The summed E-state index contributed by atoms with van der Waals surface area (Å²) in [6.45, 7) is 5.46. The second-order valence-electron chi connectivity index (χ2n) is 10.3. The zero-order chi connectivity index (χ0) is 25.7. The van der Waals surface area contributed by atoms with Gasteiger partial charge in [0, 0.05) is 45.5 Å². The van der Waals surface area contributed by atoms with Gasteiger partial charge < -0.3 is 14.5 Å². The SMILES string of the molecule is O=C(CCCCCN(CCCN1CCCC1=O)CCc1cccc2ccccc12)NOC1CCCCO1. The monoisotopic (exact) mass is 509 g/mol. The standard InChI is InChI=1S/C30H43N3O4/c34-28(31-37-30-17-5-7-24-36-30)15-2-1-6-19-32(20-10-22-33-21-9-16-29(33)35)23-18-26-13-8-12-25-11-3-4-14-27(25)26/h3-4,8,11-14,30H,1-2,5-7,9-10,15-24H2,(H,31,34). The summed E-state index contributed by atoms with van der Waals surface area (Å²) in [4.78, 5) is 34.0. The summed E-state index contributed by atoms with van der Waals surface area (Å²) in [5.41, 5.74) is 3.94. The van der Waals surface area contributed by atoms with Crippen molar-refractivity contribution in [2.75, 3.05) is 39.3 Å². The van der Waals surface area contributed by atoms with Crippen LogP contribution in [0.15, 0.2) is 42.5 Å². The molecule has 7 heteroatoms. The Morgan fingerprint density at radius 2 is 1.86 bits per heavy atom. The summed E-state index contributed by atoms with van der Waals surface area (Å²) in [5, 5.41) is 2.62. The van der Waals surface area contributed by atoms with E-state index in [-0.39, 0.29) is 12.2 Å². The van der Waals surface area contributed by atoms with E-state index in [1.807, 2.05) is 4.90 Å². The van der Waals surface area contributed by atoms with E-state index in [1.54, 1.807) is 0 Å². The van der Waals surface area contributed by atoms with Crippen LogP contribution in [0.5, 0.6) is 0 Å². The highest BCUT2D eigenvalue weighted by Gasteiger charge is 2.20. The predicted octanol–water partition coefficient (Wildman–Crippen LogP) is 4.83. The van der Waals surface area contributed by atoms with E-state index in [9.17, 15) is 9.59 Å². The number of hydrogen-bond donors (Lipinski definition) is 1. The van der Waals surface area contributed by atoms with E-state index in [1.165, 1.54) is 16.3 Å². The number of fused-ring (bicyclic) bond motifs is 1. The van der Waals surface area contributed by atoms with Crippen LogP contribution < -0.4 is 5.48 Å². The molecule has 7 nitrogen and oxygen atoms in total. The maximum atomic E-state index is 12.1. The number of carbonyl (C=O) groups is 2. The van der Waals surface area contributed by atoms with Crippen molar-refractivity contribution in [3.8, 4) is 0 Å². The molecule has 0 saturated carbocycles. The highest BCUT2D eigenvalue weighted by molar-refractivity contribution is 5.85. The van der Waals surface area contributed by atoms with E-state index in [2.05, 4.69) is 52.8 Å². The fraction of sp³-hybridized carbons (Fsp3) is 0.600. The third kappa shape index (κ3) is 9.09. The van der Waals surface area contributed by atoms with Gasteiger partial charge in [0.1, 0.15) is 0 Å². The van der Waals surface area contributed by atoms with E-state index in [0.29, 0.717) is 25.4 Å². The lowest BCUT2D eigenvalue weighted by Gasteiger charge is -2.24. The van der Waals surface area contributed by atoms with Gasteiger partial charge in [-0.05, 0) is 74.4 Å². The zero-order valence-electron chi connectivity index (χ0n) is 22.2. The molecule has 0 aliphatic carbocycles. The van der Waals surface area contributed by atoms with Crippen LogP contribution in [0.1, 0.15) is 69.8 Å². The van der Waals surface area contributed by atoms with Crippen molar-refractivity contribution in [1.29, 1.82) is 0 Å². The summed E-state index contributed by atoms with van der Waals surface area (Å²) in [6.07, 6.45) is 9.75. The van der Waals surface area contributed by atoms with Crippen LogP contribution in [0.25, 0.3) is 10.8 Å². The molecule has 2 aromatic carbocycles. The molecule has 0 aromatic heterocycles. The van der Waals surface area contributed by atoms with Gasteiger partial charge in [-0.2, -0.15) is 0 Å². The molecule has 2 amide bonds. The lowest BCUT2D eigenvalue weighted by atomic mass is 10.0. The zero-order valence-corrected chi connectivity index (χ0v) is 22.2. The Bertz CT molecular complexity index is 986. The molecular weight excluding hydrogens is 466 g/mol. The number of hydrogen-bond acceptors (Lipinski definition) is 5. The molecule has 2 aliphatic heterocycles. The Hall–Kier alpha value is -2.48. The van der Waals surface area contributed by atoms with Crippen molar-refractivity contribution in [2.45, 2.75) is 76.9 Å². The van der Waals surface area contributed by atoms with Gasteiger partial charge in [-0.15, -0.1) is 0 Å². The topological polar surface area (TPSA) is 71.1 Å². The van der Waals surface area contributed by atoms with Gasteiger partial charge in [0.15, 0.2) is 6.29 Å². The Kier molecular flexibility index (Phi) is 11.2. The molecule has 1 N–H and O–H groups in total. The van der Waals surface area contributed by atoms with E-state index in [4.69, 9.17) is 9.57 Å². The molecule has 0 radical (unpaired) electrons. The molecule has 0 spiro atoms. The molecule has 4 rings (SSSR count). The summed E-state index contributed by atoms with van der Waals surface area (Å²) in [7, 11) is 0. The highest BCUT2D eigenvalue weighted by atomic mass is 16.8. The van der Waals surface area contributed by atoms with E-state index in [0.717, 1.165) is 90.5 Å². The molecular formula is C30H43N3O4. The van der Waals surface area contributed by atoms with Crippen molar-refractivity contribution in [3.05, 3.63) is 48.0 Å². The average molecular weight is 510 g/mol. The number of likely N-dealkylation sites (tertiary alicyclic amines) is 1. The minimum Gasteiger partial charge on any atom is -0.350 e. The summed E-state index contributed by atoms with van der Waals surface area (Å²) >= 11 is 0. The molecule has 2 aliphatic rings. The van der Waals surface area contributed by atoms with Gasteiger partial charge in [0.2, 0.25) is 11.8 Å². The Balaban J connectivity index is 1.19. The number of carbonyl (C=O) groups excluding carboxylic acids is 2. The average Bonchev–Trinajstić information content (AvgIpc) is 3.34. The van der Waals surface area contributed by atoms with Gasteiger partial charge in [-0.3, -0.25) is 9.59 Å². The predicted molar refractivity (Wildman–Crippen MR) is 146 cm³/mol. The quantitative estimate of drug-likeness (QED) is 0.275. The number of amides is 2. The number of nitrogens with one attached hydrogen (secondary N) is 1.